The minimum atomic E-state index is -1.27. The van der Waals surface area contributed by atoms with Gasteiger partial charge < -0.3 is 5.11 Å². The Morgan fingerprint density at radius 3 is 1.22 bits per heavy atom. The fourth-order valence-electron chi connectivity index (χ4n) is 22.5. The molecule has 0 radical (unpaired) electrons. The van der Waals surface area contributed by atoms with E-state index in [2.05, 4.69) is 499 Å². The van der Waals surface area contributed by atoms with Crippen molar-refractivity contribution in [2.45, 2.75) is 108 Å². The molecule has 0 fully saturated rings. The summed E-state index contributed by atoms with van der Waals surface area (Å²) < 4.78 is 28.1. The van der Waals surface area contributed by atoms with Crippen molar-refractivity contribution in [3.05, 3.63) is 455 Å². The average Bonchev–Trinajstić information content (AvgIpc) is 1.60. The Bertz CT molecular complexity index is 9000. The molecule has 6 aliphatic rings. The van der Waals surface area contributed by atoms with Crippen molar-refractivity contribution < 1.29 is 37.4 Å². The van der Waals surface area contributed by atoms with Gasteiger partial charge in [-0.25, -0.2) is 9.37 Å². The van der Waals surface area contributed by atoms with Crippen molar-refractivity contribution in [2.24, 2.45) is 0 Å². The van der Waals surface area contributed by atoms with Gasteiger partial charge in [0.1, 0.15) is 41.2 Å². The third-order valence-corrected chi connectivity index (χ3v) is 31.3. The van der Waals surface area contributed by atoms with Crippen LogP contribution < -0.4 is 5.32 Å². The van der Waals surface area contributed by atoms with Crippen LogP contribution >= 0.6 is 0 Å². The molecule has 16 aromatic carbocycles. The lowest BCUT2D eigenvalue weighted by molar-refractivity contribution is -0.518. The summed E-state index contributed by atoms with van der Waals surface area (Å²) in [5, 5.41) is 31.5. The van der Waals surface area contributed by atoms with E-state index < -0.39 is 14.0 Å². The number of carboxylic acids is 1. The maximum absolute atomic E-state index is 11.4. The number of fused-ring (bicyclic) bond motifs is 16. The lowest BCUT2D eigenvalue weighted by Crippen LogP contribution is -2.43. The summed E-state index contributed by atoms with van der Waals surface area (Å²) in [6.07, 6.45) is 13.4. The first-order valence-corrected chi connectivity index (χ1v) is 53.0. The number of para-hydroxylation sites is 2. The first-order valence-electron chi connectivity index (χ1n) is 49.5. The zero-order valence-corrected chi connectivity index (χ0v) is 83.7. The van der Waals surface area contributed by atoms with Crippen molar-refractivity contribution in [3.63, 3.8) is 0 Å². The van der Waals surface area contributed by atoms with Gasteiger partial charge in [-0.1, -0.05) is 262 Å². The molecule has 696 valence electrons. The van der Waals surface area contributed by atoms with Gasteiger partial charge in [-0.15, -0.1) is 0 Å². The molecule has 15 heteroatoms. The van der Waals surface area contributed by atoms with E-state index in [0.29, 0.717) is 5.56 Å². The zero-order valence-electron chi connectivity index (χ0n) is 82.7. The molecule has 0 aliphatic carbocycles. The van der Waals surface area contributed by atoms with Gasteiger partial charge in [0, 0.05) is 68.8 Å². The fraction of sp³-hybridized carbons (Fsp3) is 0.133. The number of carbonyl (C=O) groups is 1. The van der Waals surface area contributed by atoms with Crippen LogP contribution in [-0.2, 0) is 40.0 Å². The Morgan fingerprint density at radius 1 is 0.273 bits per heavy atom. The van der Waals surface area contributed by atoms with Crippen LogP contribution in [0.15, 0.2) is 376 Å². The molecule has 0 saturated carbocycles. The molecule has 1 N–H and O–H groups in total. The van der Waals surface area contributed by atoms with E-state index in [0.717, 1.165) is 62.5 Å². The number of nitrogens with zero attached hydrogens (tertiary/aromatic N) is 12. The van der Waals surface area contributed by atoms with Crippen LogP contribution in [-0.4, -0.2) is 118 Å². The highest BCUT2D eigenvalue weighted by Crippen LogP contribution is 2.44. The number of aromatic nitrogens is 6. The summed E-state index contributed by atoms with van der Waals surface area (Å²) in [5.74, 6) is -0.871. The maximum atomic E-state index is 11.4. The topological polar surface area (TPSA) is 84.9 Å². The highest BCUT2D eigenvalue weighted by atomic mass is 28.3. The number of aromatic carboxylic acids is 1. The molecule has 28 rings (SSSR count). The van der Waals surface area contributed by atoms with Gasteiger partial charge in [-0.2, -0.15) is 22.9 Å². The monoisotopic (exact) mass is 1880 g/mol. The van der Waals surface area contributed by atoms with E-state index in [1.54, 1.807) is 0 Å². The summed E-state index contributed by atoms with van der Waals surface area (Å²) in [7, 11) is 0.824. The van der Waals surface area contributed by atoms with Crippen LogP contribution in [0, 0.1) is 48.5 Å². The number of benzene rings is 16. The Hall–Kier alpha value is -17.0. The molecule has 143 heavy (non-hydrogen) atoms. The smallest absolute Gasteiger partial charge is 0.336 e. The van der Waals surface area contributed by atoms with E-state index >= 15 is 0 Å². The Balaban J connectivity index is 0.0000000993. The van der Waals surface area contributed by atoms with E-state index in [1.807, 2.05) is 44.2 Å². The molecular formula is C128H114N12O2Si+6. The van der Waals surface area contributed by atoms with Crippen LogP contribution in [0.25, 0.3) is 120 Å². The van der Waals surface area contributed by atoms with E-state index in [-0.39, 0.29) is 0 Å². The third-order valence-electron chi connectivity index (χ3n) is 29.4. The molecular weight excluding hydrogens is 1770 g/mol. The number of rotatable bonds is 10. The number of aryl methyl sites for hydroxylation is 7. The van der Waals surface area contributed by atoms with Gasteiger partial charge in [-0.3, -0.25) is 27.4 Å². The van der Waals surface area contributed by atoms with Crippen LogP contribution in [0.4, 0.5) is 28.4 Å². The zero-order chi connectivity index (χ0) is 97.6. The van der Waals surface area contributed by atoms with Gasteiger partial charge in [0.2, 0.25) is 68.4 Å². The third kappa shape index (κ3) is 16.7. The van der Waals surface area contributed by atoms with Crippen molar-refractivity contribution >= 4 is 171 Å². The second kappa shape index (κ2) is 37.0. The average molecular weight is 1880 g/mol. The SMILES string of the molecule is C1=[N+](c2c3ccccc3cc3ccccc23)Cn2c1ccc2-c1c2ccccc2cc2ccccc12.C1=[N+](c2cc3ccccc3c3ccccc23)Cn2c1ccc2-c1cc2ccccc2c2ccccc12.Cc1cc([N+]2=Cc3ccc(-c4ccccc4)n3C2)cc(C)c1C(=O)O.Cc1ccc2n1C[N+](C)=C2.Cc1cccc(C)c1[N+]1=Cc2ccc(C)n2C1.Cc1ccccc1[N+]1=Cc2ccc([Si](C)(C)C)n2C1. The molecule has 0 bridgehead atoms. The summed E-state index contributed by atoms with van der Waals surface area (Å²) >= 11 is 0. The standard InChI is InChI=1S/2C34H23N2.C21H18N2O2.C16H21N2Si.C15H17N2.C8H11N2/c1-5-13-28-23(9-1)19-24-10-2-6-14-29(24)33(28)32-18-17-27-21-35(22-36(27)32)34-30-15-7-3-11-25(30)20-26-12-4-8-16-31(26)34;1-3-11-26-23(9-1)19-32(30-15-6-5-13-28(26)30)33-18-17-25-21-35(22-36(25)33)34-20-24-10-2-4-12-27(24)29-14-7-8-16-31(29)34;1-14-10-18(11-15(2)20(14)21(24)25)22-12-17-8-9-19(23(17)13-22)16-6-4-3-5-7-16;1-13-7-5-6-8-15(13)17-11-14-9-10-16(18(14)12-17)19(2,3)4;1-11-5-4-6-12(2)15(11)16-9-14-8-7-13(3)17(14)10-16;1-7-3-4-8-5-9(2)6-10(7)8/h2*1-21H,22H2;3-12H,13H2,1-2H3;5-11H,12H2,1-4H3;4-9H,10H2,1-3H3;3-5H,6H2,1-2H3/q2*+1;;3*+1/p+1. The van der Waals surface area contributed by atoms with Crippen LogP contribution in [0.5, 0.6) is 0 Å². The van der Waals surface area contributed by atoms with Gasteiger partial charge in [0.05, 0.1) is 46.9 Å². The molecule has 0 unspecified atom stereocenters. The molecule has 0 spiro atoms. The summed E-state index contributed by atoms with van der Waals surface area (Å²) in [5.41, 5.74) is 29.9. The van der Waals surface area contributed by atoms with Crippen molar-refractivity contribution in [1.29, 1.82) is 0 Å². The highest BCUT2D eigenvalue weighted by Gasteiger charge is 2.35. The molecule has 6 aliphatic heterocycles. The highest BCUT2D eigenvalue weighted by molar-refractivity contribution is 6.88. The molecule has 0 amide bonds. The lowest BCUT2D eigenvalue weighted by atomic mass is 9.95. The fourth-order valence-corrected chi connectivity index (χ4v) is 24.1. The van der Waals surface area contributed by atoms with E-state index in [4.69, 9.17) is 0 Å². The molecule has 12 heterocycles. The molecule has 14 nitrogen and oxygen atoms in total. The Kier molecular flexibility index (Phi) is 23.2. The van der Waals surface area contributed by atoms with Gasteiger partial charge in [0.25, 0.3) is 0 Å². The van der Waals surface area contributed by atoms with E-state index in [1.165, 1.54) is 205 Å². The van der Waals surface area contributed by atoms with Crippen LogP contribution in [0.3, 0.4) is 0 Å². The molecule has 0 atom stereocenters. The lowest BCUT2D eigenvalue weighted by Gasteiger charge is -2.17. The Morgan fingerprint density at radius 2 is 0.650 bits per heavy atom. The predicted octanol–water partition coefficient (Wildman–Crippen LogP) is 28.3. The normalized spacial score (nSPS) is 13.4. The largest absolute Gasteiger partial charge is 0.478 e. The van der Waals surface area contributed by atoms with Gasteiger partial charge in [0.15, 0.2) is 37.3 Å². The second-order valence-corrected chi connectivity index (χ2v) is 44.8. The summed E-state index contributed by atoms with van der Waals surface area (Å²) in [6.45, 7) is 26.9. The number of hydrogen-bond acceptors (Lipinski definition) is 1. The molecule has 22 aromatic rings. The first-order chi connectivity index (χ1) is 69.6. The minimum Gasteiger partial charge on any atom is -0.478 e. The second-order valence-electron chi connectivity index (χ2n) is 39.8. The number of carboxylic acid groups (broad SMARTS) is 1. The van der Waals surface area contributed by atoms with Crippen molar-refractivity contribution in [3.8, 4) is 33.8 Å². The number of hydrogen-bond donors (Lipinski definition) is 1. The summed E-state index contributed by atoms with van der Waals surface area (Å²) in [6, 6.07) is 135. The molecule has 0 saturated heterocycles. The van der Waals surface area contributed by atoms with Crippen LogP contribution in [0.2, 0.25) is 19.6 Å². The van der Waals surface area contributed by atoms with Gasteiger partial charge in [-0.05, 0) is 244 Å². The predicted molar refractivity (Wildman–Crippen MR) is 595 cm³/mol. The van der Waals surface area contributed by atoms with Crippen molar-refractivity contribution in [2.75, 3.05) is 7.05 Å². The Labute approximate surface area is 834 Å². The maximum Gasteiger partial charge on any atom is 0.336 e. The molecule has 6 aromatic heterocycles. The van der Waals surface area contributed by atoms with Crippen LogP contribution in [0.1, 0.15) is 83.7 Å². The summed E-state index contributed by atoms with van der Waals surface area (Å²) in [4.78, 5) is 11.4. The van der Waals surface area contributed by atoms with Gasteiger partial charge >= 0.3 is 5.97 Å². The quantitative estimate of drug-likeness (QED) is 0.0640. The van der Waals surface area contributed by atoms with Crippen molar-refractivity contribution in [1.82, 2.24) is 27.4 Å². The minimum absolute atomic E-state index is 0.396. The van der Waals surface area contributed by atoms with E-state index in [9.17, 15) is 9.90 Å². The first kappa shape index (κ1) is 89.9.